The number of ether oxygens (including phenoxy) is 1. The third kappa shape index (κ3) is 2.01. The second-order valence-electron chi connectivity index (χ2n) is 3.76. The van der Waals surface area contributed by atoms with Crippen LogP contribution in [-0.2, 0) is 0 Å². The molecule has 0 aromatic heterocycles. The van der Waals surface area contributed by atoms with Gasteiger partial charge in [-0.05, 0) is 25.0 Å². The molecule has 70 valence electrons. The van der Waals surface area contributed by atoms with Crippen LogP contribution in [0.25, 0.3) is 0 Å². The van der Waals surface area contributed by atoms with Crippen LogP contribution in [0.1, 0.15) is 12.8 Å². The van der Waals surface area contributed by atoms with Crippen LogP contribution in [0.15, 0.2) is 30.3 Å². The molecule has 0 amide bonds. The number of rotatable bonds is 4. The van der Waals surface area contributed by atoms with Crippen molar-refractivity contribution in [3.05, 3.63) is 30.3 Å². The molecule has 0 spiro atoms. The van der Waals surface area contributed by atoms with Gasteiger partial charge in [-0.1, -0.05) is 18.2 Å². The van der Waals surface area contributed by atoms with Gasteiger partial charge in [0.05, 0.1) is 13.2 Å². The summed E-state index contributed by atoms with van der Waals surface area (Å²) in [6, 6.07) is 9.74. The van der Waals surface area contributed by atoms with E-state index < -0.39 is 0 Å². The Balaban J connectivity index is 1.86. The van der Waals surface area contributed by atoms with Crippen molar-refractivity contribution in [3.63, 3.8) is 0 Å². The van der Waals surface area contributed by atoms with E-state index in [-0.39, 0.29) is 12.0 Å². The van der Waals surface area contributed by atoms with Gasteiger partial charge in [0, 0.05) is 5.41 Å². The van der Waals surface area contributed by atoms with E-state index in [0.29, 0.717) is 6.61 Å². The van der Waals surface area contributed by atoms with E-state index in [1.807, 2.05) is 30.3 Å². The van der Waals surface area contributed by atoms with Crippen LogP contribution in [0.4, 0.5) is 0 Å². The Morgan fingerprint density at radius 1 is 1.23 bits per heavy atom. The van der Waals surface area contributed by atoms with Crippen molar-refractivity contribution in [1.82, 2.24) is 0 Å². The molecule has 2 heteroatoms. The number of aliphatic hydroxyl groups excluding tert-OH is 1. The lowest BCUT2D eigenvalue weighted by Gasteiger charge is -2.12. The summed E-state index contributed by atoms with van der Waals surface area (Å²) in [6.07, 6.45) is 2.19. The van der Waals surface area contributed by atoms with Crippen molar-refractivity contribution in [1.29, 1.82) is 0 Å². The number of para-hydroxylation sites is 1. The van der Waals surface area contributed by atoms with E-state index >= 15 is 0 Å². The summed E-state index contributed by atoms with van der Waals surface area (Å²) < 4.78 is 5.56. The smallest absolute Gasteiger partial charge is 0.119 e. The van der Waals surface area contributed by atoms with Gasteiger partial charge in [-0.2, -0.15) is 0 Å². The lowest BCUT2D eigenvalue weighted by Crippen LogP contribution is -2.16. The highest BCUT2D eigenvalue weighted by atomic mass is 16.5. The molecule has 1 aliphatic carbocycles. The van der Waals surface area contributed by atoms with E-state index in [1.54, 1.807) is 0 Å². The topological polar surface area (TPSA) is 29.5 Å². The SMILES string of the molecule is OCC1(COc2ccccc2)CC1. The maximum absolute atomic E-state index is 9.05. The molecule has 1 fully saturated rings. The van der Waals surface area contributed by atoms with Crippen LogP contribution in [0.2, 0.25) is 0 Å². The fraction of sp³-hybridized carbons (Fsp3) is 0.455. The van der Waals surface area contributed by atoms with E-state index in [9.17, 15) is 0 Å². The number of aliphatic hydroxyl groups is 1. The Hall–Kier alpha value is -1.02. The molecule has 0 bridgehead atoms. The van der Waals surface area contributed by atoms with Gasteiger partial charge in [0.1, 0.15) is 5.75 Å². The number of hydrogen-bond acceptors (Lipinski definition) is 2. The largest absolute Gasteiger partial charge is 0.493 e. The average molecular weight is 178 g/mol. The average Bonchev–Trinajstić information content (AvgIpc) is 2.97. The fourth-order valence-electron chi connectivity index (χ4n) is 1.28. The molecule has 0 heterocycles. The molecule has 13 heavy (non-hydrogen) atoms. The van der Waals surface area contributed by atoms with Gasteiger partial charge in [-0.25, -0.2) is 0 Å². The van der Waals surface area contributed by atoms with Gasteiger partial charge in [-0.3, -0.25) is 0 Å². The van der Waals surface area contributed by atoms with Crippen LogP contribution in [-0.4, -0.2) is 18.3 Å². The van der Waals surface area contributed by atoms with Crippen LogP contribution in [0.5, 0.6) is 5.75 Å². The minimum atomic E-state index is 0.0792. The predicted molar refractivity (Wildman–Crippen MR) is 50.7 cm³/mol. The zero-order valence-electron chi connectivity index (χ0n) is 7.57. The minimum Gasteiger partial charge on any atom is -0.493 e. The highest BCUT2D eigenvalue weighted by molar-refractivity contribution is 5.21. The molecule has 1 saturated carbocycles. The van der Waals surface area contributed by atoms with Crippen LogP contribution in [0.3, 0.4) is 0 Å². The first kappa shape index (κ1) is 8.57. The predicted octanol–water partition coefficient (Wildman–Crippen LogP) is 1.84. The Bertz CT molecular complexity index is 265. The second-order valence-corrected chi connectivity index (χ2v) is 3.76. The van der Waals surface area contributed by atoms with Crippen molar-refractivity contribution in [3.8, 4) is 5.75 Å². The standard InChI is InChI=1S/C11H14O2/c12-8-11(6-7-11)9-13-10-4-2-1-3-5-10/h1-5,12H,6-9H2. The van der Waals surface area contributed by atoms with Crippen LogP contribution in [0, 0.1) is 5.41 Å². The molecule has 0 atom stereocenters. The molecule has 1 aromatic carbocycles. The highest BCUT2D eigenvalue weighted by Crippen LogP contribution is 2.45. The zero-order chi connectivity index (χ0) is 9.15. The number of benzene rings is 1. The molecule has 2 nitrogen and oxygen atoms in total. The molecular formula is C11H14O2. The molecule has 0 unspecified atom stereocenters. The van der Waals surface area contributed by atoms with Crippen molar-refractivity contribution >= 4 is 0 Å². The van der Waals surface area contributed by atoms with E-state index in [1.165, 1.54) is 0 Å². The molecule has 0 radical (unpaired) electrons. The first-order valence-corrected chi connectivity index (χ1v) is 4.63. The Labute approximate surface area is 78.2 Å². The van der Waals surface area contributed by atoms with Crippen molar-refractivity contribution in [2.45, 2.75) is 12.8 Å². The highest BCUT2D eigenvalue weighted by Gasteiger charge is 2.42. The minimum absolute atomic E-state index is 0.0792. The molecule has 1 N–H and O–H groups in total. The summed E-state index contributed by atoms with van der Waals surface area (Å²) in [7, 11) is 0. The van der Waals surface area contributed by atoms with Crippen LogP contribution >= 0.6 is 0 Å². The van der Waals surface area contributed by atoms with Gasteiger partial charge < -0.3 is 9.84 Å². The van der Waals surface area contributed by atoms with E-state index in [0.717, 1.165) is 18.6 Å². The van der Waals surface area contributed by atoms with Crippen molar-refractivity contribution in [2.75, 3.05) is 13.2 Å². The summed E-state index contributed by atoms with van der Waals surface area (Å²) in [4.78, 5) is 0. The van der Waals surface area contributed by atoms with Crippen molar-refractivity contribution < 1.29 is 9.84 Å². The van der Waals surface area contributed by atoms with E-state index in [2.05, 4.69) is 0 Å². The lowest BCUT2D eigenvalue weighted by molar-refractivity contribution is 0.146. The normalized spacial score (nSPS) is 18.2. The lowest BCUT2D eigenvalue weighted by atomic mass is 10.1. The van der Waals surface area contributed by atoms with Gasteiger partial charge in [0.2, 0.25) is 0 Å². The van der Waals surface area contributed by atoms with Gasteiger partial charge in [0.15, 0.2) is 0 Å². The molecule has 0 saturated heterocycles. The fourth-order valence-corrected chi connectivity index (χ4v) is 1.28. The molecule has 1 aliphatic rings. The third-order valence-electron chi connectivity index (χ3n) is 2.58. The molecule has 0 aliphatic heterocycles. The number of hydrogen-bond donors (Lipinski definition) is 1. The van der Waals surface area contributed by atoms with E-state index in [4.69, 9.17) is 9.84 Å². The summed E-state index contributed by atoms with van der Waals surface area (Å²) in [5.41, 5.74) is 0.0792. The quantitative estimate of drug-likeness (QED) is 0.762. The summed E-state index contributed by atoms with van der Waals surface area (Å²) in [5.74, 6) is 0.891. The van der Waals surface area contributed by atoms with Gasteiger partial charge in [-0.15, -0.1) is 0 Å². The summed E-state index contributed by atoms with van der Waals surface area (Å²) in [6.45, 7) is 0.896. The first-order valence-electron chi connectivity index (χ1n) is 4.63. The zero-order valence-corrected chi connectivity index (χ0v) is 7.57. The Kier molecular flexibility index (Phi) is 2.23. The molecule has 2 rings (SSSR count). The monoisotopic (exact) mass is 178 g/mol. The first-order chi connectivity index (χ1) is 6.35. The van der Waals surface area contributed by atoms with Crippen LogP contribution < -0.4 is 4.74 Å². The molecule has 1 aromatic rings. The molecular weight excluding hydrogens is 164 g/mol. The summed E-state index contributed by atoms with van der Waals surface area (Å²) in [5, 5.41) is 9.05. The van der Waals surface area contributed by atoms with Crippen molar-refractivity contribution in [2.24, 2.45) is 5.41 Å². The van der Waals surface area contributed by atoms with Gasteiger partial charge >= 0.3 is 0 Å². The summed E-state index contributed by atoms with van der Waals surface area (Å²) >= 11 is 0. The Morgan fingerprint density at radius 2 is 1.92 bits per heavy atom. The Morgan fingerprint density at radius 3 is 2.46 bits per heavy atom. The third-order valence-corrected chi connectivity index (χ3v) is 2.58. The maximum atomic E-state index is 9.05. The maximum Gasteiger partial charge on any atom is 0.119 e. The van der Waals surface area contributed by atoms with Gasteiger partial charge in [0.25, 0.3) is 0 Å². The second kappa shape index (κ2) is 3.38.